The third-order valence-electron chi connectivity index (χ3n) is 2.98. The van der Waals surface area contributed by atoms with E-state index >= 15 is 0 Å². The summed E-state index contributed by atoms with van der Waals surface area (Å²) >= 11 is 0. The molecule has 1 N–H and O–H groups in total. The van der Waals surface area contributed by atoms with Crippen molar-refractivity contribution in [3.8, 4) is 0 Å². The van der Waals surface area contributed by atoms with Gasteiger partial charge in [-0.15, -0.1) is 0 Å². The van der Waals surface area contributed by atoms with Crippen LogP contribution in [0.5, 0.6) is 0 Å². The first-order chi connectivity index (χ1) is 7.48. The van der Waals surface area contributed by atoms with Gasteiger partial charge in [-0.05, 0) is 43.9 Å². The summed E-state index contributed by atoms with van der Waals surface area (Å²) in [5.74, 6) is 0. The zero-order valence-electron chi connectivity index (χ0n) is 10.1. The van der Waals surface area contributed by atoms with Gasteiger partial charge in [-0.3, -0.25) is 0 Å². The summed E-state index contributed by atoms with van der Waals surface area (Å²) in [5.41, 5.74) is 4.00. The van der Waals surface area contributed by atoms with Crippen molar-refractivity contribution in [3.63, 3.8) is 0 Å². The van der Waals surface area contributed by atoms with Gasteiger partial charge < -0.3 is 5.11 Å². The van der Waals surface area contributed by atoms with Crippen LogP contribution in [0.25, 0.3) is 5.57 Å². The minimum Gasteiger partial charge on any atom is -0.386 e. The van der Waals surface area contributed by atoms with Crippen LogP contribution in [0.4, 0.5) is 0 Å². The predicted octanol–water partition coefficient (Wildman–Crippen LogP) is 3.65. The molecule has 0 spiro atoms. The summed E-state index contributed by atoms with van der Waals surface area (Å²) in [4.78, 5) is 0. The smallest absolute Gasteiger partial charge is 0.0846 e. The highest BCUT2D eigenvalue weighted by atomic mass is 16.3. The van der Waals surface area contributed by atoms with Crippen molar-refractivity contribution in [2.24, 2.45) is 0 Å². The van der Waals surface area contributed by atoms with Gasteiger partial charge in [0, 0.05) is 0 Å². The third kappa shape index (κ3) is 2.10. The van der Waals surface area contributed by atoms with E-state index in [0.717, 1.165) is 12.0 Å². The second kappa shape index (κ2) is 3.91. The summed E-state index contributed by atoms with van der Waals surface area (Å²) in [5, 5.41) is 10.2. The Morgan fingerprint density at radius 2 is 1.88 bits per heavy atom. The van der Waals surface area contributed by atoms with Crippen LogP contribution < -0.4 is 0 Å². The third-order valence-corrected chi connectivity index (χ3v) is 2.98. The van der Waals surface area contributed by atoms with Gasteiger partial charge in [-0.1, -0.05) is 42.0 Å². The zero-order valence-corrected chi connectivity index (χ0v) is 10.1. The lowest BCUT2D eigenvalue weighted by Crippen LogP contribution is -2.17. The van der Waals surface area contributed by atoms with E-state index in [0.29, 0.717) is 0 Å². The van der Waals surface area contributed by atoms with Gasteiger partial charge in [0.25, 0.3) is 0 Å². The molecule has 1 aromatic rings. The molecule has 84 valence electrons. The molecule has 2 rings (SSSR count). The molecule has 0 atom stereocenters. The molecule has 0 amide bonds. The van der Waals surface area contributed by atoms with Gasteiger partial charge >= 0.3 is 0 Å². The van der Waals surface area contributed by atoms with E-state index in [9.17, 15) is 5.11 Å². The molecule has 0 heterocycles. The molecule has 0 saturated heterocycles. The normalized spacial score (nSPS) is 16.0. The molecule has 0 unspecified atom stereocenters. The molecule has 0 aromatic heterocycles. The maximum absolute atomic E-state index is 10.2. The van der Waals surface area contributed by atoms with Crippen molar-refractivity contribution < 1.29 is 5.11 Å². The van der Waals surface area contributed by atoms with Crippen molar-refractivity contribution in [3.05, 3.63) is 53.1 Å². The molecular formula is C15H18O. The minimum absolute atomic E-state index is 0.784. The van der Waals surface area contributed by atoms with E-state index in [-0.39, 0.29) is 0 Å². The van der Waals surface area contributed by atoms with Gasteiger partial charge in [0.05, 0.1) is 5.60 Å². The SMILES string of the molecule is CC1=CCC(c2ccccc2C(C)(C)O)=C1. The molecule has 0 fully saturated rings. The number of aliphatic hydroxyl groups is 1. The first kappa shape index (κ1) is 11.2. The fraction of sp³-hybridized carbons (Fsp3) is 0.333. The Kier molecular flexibility index (Phi) is 2.73. The van der Waals surface area contributed by atoms with Crippen LogP contribution in [0.2, 0.25) is 0 Å². The van der Waals surface area contributed by atoms with Crippen LogP contribution >= 0.6 is 0 Å². The number of hydrogen-bond donors (Lipinski definition) is 1. The molecule has 0 bridgehead atoms. The lowest BCUT2D eigenvalue weighted by atomic mass is 9.89. The van der Waals surface area contributed by atoms with Crippen molar-refractivity contribution >= 4 is 5.57 Å². The standard InChI is InChI=1S/C15H18O/c1-11-8-9-12(10-11)13-6-4-5-7-14(13)15(2,3)16/h4-8,10,16H,9H2,1-3H3. The first-order valence-corrected chi connectivity index (χ1v) is 5.68. The molecule has 1 heteroatoms. The molecule has 1 aromatic carbocycles. The number of rotatable bonds is 2. The highest BCUT2D eigenvalue weighted by molar-refractivity contribution is 5.74. The van der Waals surface area contributed by atoms with Gasteiger partial charge in [-0.2, -0.15) is 0 Å². The van der Waals surface area contributed by atoms with Gasteiger partial charge in [0.2, 0.25) is 0 Å². The van der Waals surface area contributed by atoms with Crippen molar-refractivity contribution in [2.75, 3.05) is 0 Å². The molecule has 0 saturated carbocycles. The predicted molar refractivity (Wildman–Crippen MR) is 68.0 cm³/mol. The molecule has 16 heavy (non-hydrogen) atoms. The number of hydrogen-bond acceptors (Lipinski definition) is 1. The average molecular weight is 214 g/mol. The quantitative estimate of drug-likeness (QED) is 0.796. The second-order valence-electron chi connectivity index (χ2n) is 4.93. The van der Waals surface area contributed by atoms with Crippen molar-refractivity contribution in [1.29, 1.82) is 0 Å². The second-order valence-corrected chi connectivity index (χ2v) is 4.93. The van der Waals surface area contributed by atoms with Crippen LogP contribution in [0.15, 0.2) is 42.0 Å². The lowest BCUT2D eigenvalue weighted by molar-refractivity contribution is 0.0783. The monoisotopic (exact) mass is 214 g/mol. The summed E-state index contributed by atoms with van der Waals surface area (Å²) in [6, 6.07) is 8.10. The number of benzene rings is 1. The Morgan fingerprint density at radius 3 is 2.44 bits per heavy atom. The largest absolute Gasteiger partial charge is 0.386 e. The first-order valence-electron chi connectivity index (χ1n) is 5.68. The lowest BCUT2D eigenvalue weighted by Gasteiger charge is -2.22. The molecule has 1 nitrogen and oxygen atoms in total. The van der Waals surface area contributed by atoms with Gasteiger partial charge in [-0.25, -0.2) is 0 Å². The fourth-order valence-corrected chi connectivity index (χ4v) is 2.15. The summed E-state index contributed by atoms with van der Waals surface area (Å²) < 4.78 is 0. The van der Waals surface area contributed by atoms with E-state index in [2.05, 4.69) is 25.1 Å². The zero-order chi connectivity index (χ0) is 11.8. The molecule has 1 aliphatic carbocycles. The van der Waals surface area contributed by atoms with E-state index in [1.54, 1.807) is 0 Å². The summed E-state index contributed by atoms with van der Waals surface area (Å²) in [6.45, 7) is 5.78. The van der Waals surface area contributed by atoms with Crippen LogP contribution in [-0.2, 0) is 5.60 Å². The van der Waals surface area contributed by atoms with Crippen LogP contribution in [0.3, 0.4) is 0 Å². The Morgan fingerprint density at radius 1 is 1.19 bits per heavy atom. The minimum atomic E-state index is -0.784. The fourth-order valence-electron chi connectivity index (χ4n) is 2.15. The van der Waals surface area contributed by atoms with Gasteiger partial charge in [0.15, 0.2) is 0 Å². The highest BCUT2D eigenvalue weighted by Gasteiger charge is 2.21. The Labute approximate surface area is 97.1 Å². The van der Waals surface area contributed by atoms with Crippen molar-refractivity contribution in [2.45, 2.75) is 32.8 Å². The van der Waals surface area contributed by atoms with E-state index in [1.165, 1.54) is 16.7 Å². The maximum atomic E-state index is 10.2. The molecule has 0 radical (unpaired) electrons. The molecule has 1 aliphatic rings. The van der Waals surface area contributed by atoms with Crippen LogP contribution in [0, 0.1) is 0 Å². The summed E-state index contributed by atoms with van der Waals surface area (Å²) in [6.07, 6.45) is 5.39. The Bertz CT molecular complexity index is 459. The molecule has 0 aliphatic heterocycles. The average Bonchev–Trinajstić information content (AvgIpc) is 2.64. The van der Waals surface area contributed by atoms with Crippen molar-refractivity contribution in [1.82, 2.24) is 0 Å². The topological polar surface area (TPSA) is 20.2 Å². The maximum Gasteiger partial charge on any atom is 0.0846 e. The van der Waals surface area contributed by atoms with E-state index in [1.807, 2.05) is 32.0 Å². The summed E-state index contributed by atoms with van der Waals surface area (Å²) in [7, 11) is 0. The molecular weight excluding hydrogens is 196 g/mol. The number of allylic oxidation sites excluding steroid dienone is 4. The Hall–Kier alpha value is -1.34. The van der Waals surface area contributed by atoms with E-state index in [4.69, 9.17) is 0 Å². The highest BCUT2D eigenvalue weighted by Crippen LogP contribution is 2.33. The Balaban J connectivity index is 2.47. The van der Waals surface area contributed by atoms with Crippen LogP contribution in [0.1, 0.15) is 38.3 Å². The van der Waals surface area contributed by atoms with Crippen LogP contribution in [-0.4, -0.2) is 5.11 Å². The van der Waals surface area contributed by atoms with E-state index < -0.39 is 5.60 Å². The van der Waals surface area contributed by atoms with Gasteiger partial charge in [0.1, 0.15) is 0 Å².